The standard InChI is InChI=1S/C38H30Br2N2O6/c1-23-19-27(37(45)25-7-13-29(39)14-8-25)11-17-33(23)47-21-35(43)41-31-5-3-4-6-32(31)42-36(44)22-48-34-18-12-28(20-24(34)2)38(46)26-9-15-30(40)16-10-26/h3-20H,21-22H2,1-2H3,(H,41,43)(H,42,44). The van der Waals surface area contributed by atoms with Crippen LogP contribution >= 0.6 is 31.9 Å². The van der Waals surface area contributed by atoms with Crippen LogP contribution in [0.3, 0.4) is 0 Å². The van der Waals surface area contributed by atoms with E-state index >= 15 is 0 Å². The minimum atomic E-state index is -0.434. The smallest absolute Gasteiger partial charge is 0.262 e. The van der Waals surface area contributed by atoms with Crippen molar-refractivity contribution in [2.45, 2.75) is 13.8 Å². The summed E-state index contributed by atoms with van der Waals surface area (Å²) in [6, 6.07) is 31.1. The summed E-state index contributed by atoms with van der Waals surface area (Å²) in [7, 11) is 0. The fraction of sp³-hybridized carbons (Fsp3) is 0.105. The second-order valence-corrected chi connectivity index (χ2v) is 12.7. The molecule has 0 spiro atoms. The van der Waals surface area contributed by atoms with E-state index in [0.29, 0.717) is 56.3 Å². The number of ether oxygens (including phenoxy) is 2. The summed E-state index contributed by atoms with van der Waals surface area (Å²) in [4.78, 5) is 51.3. The summed E-state index contributed by atoms with van der Waals surface area (Å²) in [6.07, 6.45) is 0. The summed E-state index contributed by atoms with van der Waals surface area (Å²) in [5.41, 5.74) is 4.35. The lowest BCUT2D eigenvalue weighted by Gasteiger charge is -2.14. The van der Waals surface area contributed by atoms with Gasteiger partial charge in [0.25, 0.3) is 11.8 Å². The van der Waals surface area contributed by atoms with Gasteiger partial charge in [0.1, 0.15) is 11.5 Å². The number of carbonyl (C=O) groups is 4. The minimum absolute atomic E-state index is 0.115. The number of carbonyl (C=O) groups excluding carboxylic acids is 4. The van der Waals surface area contributed by atoms with Crippen molar-refractivity contribution in [3.63, 3.8) is 0 Å². The van der Waals surface area contributed by atoms with Crippen LogP contribution in [0.2, 0.25) is 0 Å². The van der Waals surface area contributed by atoms with Crippen LogP contribution in [-0.2, 0) is 9.59 Å². The van der Waals surface area contributed by atoms with Crippen molar-refractivity contribution in [3.05, 3.63) is 152 Å². The molecule has 10 heteroatoms. The average Bonchev–Trinajstić information content (AvgIpc) is 3.08. The first kappa shape index (κ1) is 34.3. The molecule has 0 aliphatic rings. The molecule has 48 heavy (non-hydrogen) atoms. The SMILES string of the molecule is Cc1cc(C(=O)c2ccc(Br)cc2)ccc1OCC(=O)Nc1ccccc1NC(=O)COc1ccc(C(=O)c2ccc(Br)cc2)cc1C. The van der Waals surface area contributed by atoms with Crippen LogP contribution < -0.4 is 20.1 Å². The number of benzene rings is 5. The molecule has 2 amide bonds. The van der Waals surface area contributed by atoms with Crippen molar-refractivity contribution in [1.82, 2.24) is 0 Å². The highest BCUT2D eigenvalue weighted by Crippen LogP contribution is 2.25. The number of halogens is 2. The molecule has 0 unspecified atom stereocenters. The van der Waals surface area contributed by atoms with Crippen LogP contribution in [0.5, 0.6) is 11.5 Å². The molecule has 0 aliphatic heterocycles. The molecule has 5 aromatic rings. The molecule has 0 heterocycles. The van der Waals surface area contributed by atoms with Crippen molar-refractivity contribution in [2.24, 2.45) is 0 Å². The highest BCUT2D eigenvalue weighted by Gasteiger charge is 2.15. The van der Waals surface area contributed by atoms with Crippen LogP contribution in [0.15, 0.2) is 118 Å². The van der Waals surface area contributed by atoms with Crippen LogP contribution in [0, 0.1) is 13.8 Å². The predicted molar refractivity (Wildman–Crippen MR) is 192 cm³/mol. The van der Waals surface area contributed by atoms with E-state index in [4.69, 9.17) is 9.47 Å². The van der Waals surface area contributed by atoms with E-state index in [9.17, 15) is 19.2 Å². The Balaban J connectivity index is 1.13. The molecule has 0 bridgehead atoms. The summed E-state index contributed by atoms with van der Waals surface area (Å²) < 4.78 is 13.3. The molecule has 0 atom stereocenters. The third-order valence-electron chi connectivity index (χ3n) is 7.28. The molecule has 8 nitrogen and oxygen atoms in total. The number of para-hydroxylation sites is 2. The lowest BCUT2D eigenvalue weighted by molar-refractivity contribution is -0.119. The van der Waals surface area contributed by atoms with Gasteiger partial charge in [-0.3, -0.25) is 19.2 Å². The van der Waals surface area contributed by atoms with Crippen LogP contribution in [0.4, 0.5) is 11.4 Å². The number of aryl methyl sites for hydroxylation is 2. The van der Waals surface area contributed by atoms with E-state index in [1.807, 2.05) is 24.3 Å². The van der Waals surface area contributed by atoms with E-state index in [0.717, 1.165) is 8.95 Å². The quantitative estimate of drug-likeness (QED) is 0.124. The Morgan fingerprint density at radius 3 is 1.23 bits per heavy atom. The van der Waals surface area contributed by atoms with Gasteiger partial charge in [0.15, 0.2) is 24.8 Å². The average molecular weight is 770 g/mol. The first-order chi connectivity index (χ1) is 23.1. The van der Waals surface area contributed by atoms with Gasteiger partial charge in [-0.1, -0.05) is 44.0 Å². The number of ketones is 2. The number of nitrogens with one attached hydrogen (secondary N) is 2. The number of hydrogen-bond acceptors (Lipinski definition) is 6. The third-order valence-corrected chi connectivity index (χ3v) is 8.34. The van der Waals surface area contributed by atoms with Crippen molar-refractivity contribution >= 4 is 66.6 Å². The lowest BCUT2D eigenvalue weighted by atomic mass is 10.0. The fourth-order valence-corrected chi connectivity index (χ4v) is 5.33. The van der Waals surface area contributed by atoms with Gasteiger partial charge < -0.3 is 20.1 Å². The molecule has 242 valence electrons. The molecular weight excluding hydrogens is 740 g/mol. The van der Waals surface area contributed by atoms with E-state index in [-0.39, 0.29) is 24.8 Å². The number of anilines is 2. The summed E-state index contributed by atoms with van der Waals surface area (Å²) in [6.45, 7) is 3.04. The van der Waals surface area contributed by atoms with Gasteiger partial charge in [0, 0.05) is 31.2 Å². The maximum Gasteiger partial charge on any atom is 0.262 e. The minimum Gasteiger partial charge on any atom is -0.483 e. The van der Waals surface area contributed by atoms with Crippen molar-refractivity contribution in [2.75, 3.05) is 23.8 Å². The molecular formula is C38H30Br2N2O6. The van der Waals surface area contributed by atoms with E-state index in [2.05, 4.69) is 42.5 Å². The molecule has 0 saturated heterocycles. The maximum atomic E-state index is 12.8. The van der Waals surface area contributed by atoms with E-state index in [1.165, 1.54) is 0 Å². The second-order valence-electron chi connectivity index (χ2n) is 10.9. The maximum absolute atomic E-state index is 12.8. The molecule has 0 radical (unpaired) electrons. The van der Waals surface area contributed by atoms with Gasteiger partial charge in [-0.05, 0) is 122 Å². The van der Waals surface area contributed by atoms with Gasteiger partial charge in [0.2, 0.25) is 0 Å². The molecule has 5 aromatic carbocycles. The number of amides is 2. The van der Waals surface area contributed by atoms with Crippen LogP contribution in [0.1, 0.15) is 43.0 Å². The molecule has 0 saturated carbocycles. The van der Waals surface area contributed by atoms with Crippen LogP contribution in [0.25, 0.3) is 0 Å². The van der Waals surface area contributed by atoms with Gasteiger partial charge in [0.05, 0.1) is 11.4 Å². The van der Waals surface area contributed by atoms with Crippen molar-refractivity contribution < 1.29 is 28.7 Å². The van der Waals surface area contributed by atoms with Gasteiger partial charge in [-0.25, -0.2) is 0 Å². The van der Waals surface area contributed by atoms with Crippen molar-refractivity contribution in [3.8, 4) is 11.5 Å². The van der Waals surface area contributed by atoms with Crippen molar-refractivity contribution in [1.29, 1.82) is 0 Å². The zero-order valence-corrected chi connectivity index (χ0v) is 29.2. The summed E-state index contributed by atoms with van der Waals surface area (Å²) >= 11 is 6.74. The Morgan fingerprint density at radius 1 is 0.521 bits per heavy atom. The molecule has 2 N–H and O–H groups in total. The van der Waals surface area contributed by atoms with E-state index < -0.39 is 11.8 Å². The first-order valence-electron chi connectivity index (χ1n) is 14.8. The molecule has 0 aromatic heterocycles. The molecule has 5 rings (SSSR count). The zero-order chi connectivity index (χ0) is 34.2. The summed E-state index contributed by atoms with van der Waals surface area (Å²) in [5.74, 6) is -0.159. The first-order valence-corrected chi connectivity index (χ1v) is 16.4. The molecule has 0 fully saturated rings. The zero-order valence-electron chi connectivity index (χ0n) is 26.0. The Hall–Kier alpha value is -5.06. The Labute approximate surface area is 294 Å². The highest BCUT2D eigenvalue weighted by molar-refractivity contribution is 9.10. The fourth-order valence-electron chi connectivity index (χ4n) is 4.80. The van der Waals surface area contributed by atoms with Crippen LogP contribution in [-0.4, -0.2) is 36.6 Å². The summed E-state index contributed by atoms with van der Waals surface area (Å²) in [5, 5.41) is 5.53. The predicted octanol–water partition coefficient (Wildman–Crippen LogP) is 8.33. The largest absolute Gasteiger partial charge is 0.483 e. The Kier molecular flexibility index (Phi) is 11.2. The Morgan fingerprint density at radius 2 is 0.875 bits per heavy atom. The number of hydrogen-bond donors (Lipinski definition) is 2. The second kappa shape index (κ2) is 15.7. The van der Waals surface area contributed by atoms with Gasteiger partial charge in [-0.2, -0.15) is 0 Å². The Bertz CT molecular complexity index is 1850. The normalized spacial score (nSPS) is 10.6. The molecule has 0 aliphatic carbocycles. The topological polar surface area (TPSA) is 111 Å². The lowest BCUT2D eigenvalue weighted by Crippen LogP contribution is -2.24. The highest BCUT2D eigenvalue weighted by atomic mass is 79.9. The van der Waals surface area contributed by atoms with Gasteiger partial charge >= 0.3 is 0 Å². The number of rotatable bonds is 12. The van der Waals surface area contributed by atoms with Gasteiger partial charge in [-0.15, -0.1) is 0 Å². The third kappa shape index (κ3) is 8.84. The monoisotopic (exact) mass is 768 g/mol. The van der Waals surface area contributed by atoms with E-state index in [1.54, 1.807) is 98.8 Å².